The number of carboxylic acid groups (broad SMARTS) is 1. The first-order chi connectivity index (χ1) is 12.1. The highest BCUT2D eigenvalue weighted by Crippen LogP contribution is 2.18. The van der Waals surface area contributed by atoms with Crippen LogP contribution in [0.5, 0.6) is 0 Å². The molecule has 0 radical (unpaired) electrons. The molecule has 1 atom stereocenters. The van der Waals surface area contributed by atoms with Crippen molar-refractivity contribution in [2.45, 2.75) is 25.3 Å². The number of anilines is 1. The van der Waals surface area contributed by atoms with E-state index in [9.17, 15) is 9.59 Å². The summed E-state index contributed by atoms with van der Waals surface area (Å²) in [5.74, 6) is -0.215. The van der Waals surface area contributed by atoms with Gasteiger partial charge in [0.2, 0.25) is 5.91 Å². The Kier molecular flexibility index (Phi) is 5.45. The number of aromatic nitrogens is 1. The summed E-state index contributed by atoms with van der Waals surface area (Å²) in [4.78, 5) is 30.0. The zero-order valence-electron chi connectivity index (χ0n) is 13.9. The van der Waals surface area contributed by atoms with Crippen LogP contribution in [-0.4, -0.2) is 52.7 Å². The summed E-state index contributed by atoms with van der Waals surface area (Å²) < 4.78 is 0. The van der Waals surface area contributed by atoms with E-state index in [1.165, 1.54) is 0 Å². The summed E-state index contributed by atoms with van der Waals surface area (Å²) in [5.41, 5.74) is 1.47. The van der Waals surface area contributed by atoms with Crippen LogP contribution in [-0.2, 0) is 4.79 Å². The number of fused-ring (bicyclic) bond motifs is 1. The highest BCUT2D eigenvalue weighted by molar-refractivity contribution is 5.96. The number of carbonyl (C=O) groups excluding carboxylic acids is 1. The van der Waals surface area contributed by atoms with E-state index >= 15 is 0 Å². The maximum atomic E-state index is 12.7. The monoisotopic (exact) mass is 342 g/mol. The number of rotatable bonds is 5. The molecule has 2 amide bonds. The minimum absolute atomic E-state index is 0.0716. The molecule has 1 aliphatic rings. The molecule has 0 bridgehead atoms. The fourth-order valence-electron chi connectivity index (χ4n) is 3.17. The van der Waals surface area contributed by atoms with Gasteiger partial charge in [-0.05, 0) is 38.1 Å². The Morgan fingerprint density at radius 3 is 2.72 bits per heavy atom. The van der Waals surface area contributed by atoms with Crippen molar-refractivity contribution in [3.63, 3.8) is 0 Å². The second-order valence-corrected chi connectivity index (χ2v) is 6.20. The summed E-state index contributed by atoms with van der Waals surface area (Å²) in [6.07, 6.45) is 3.69. The van der Waals surface area contributed by atoms with Crippen LogP contribution in [0.2, 0.25) is 0 Å². The SMILES string of the molecule is O=C(O)NCC(C(=O)Nc1cnc2ccccc2c1)N1CCCCC1. The van der Waals surface area contributed by atoms with E-state index in [4.69, 9.17) is 5.11 Å². The molecular weight excluding hydrogens is 320 g/mol. The molecule has 0 spiro atoms. The zero-order chi connectivity index (χ0) is 17.6. The van der Waals surface area contributed by atoms with Crippen molar-refractivity contribution in [2.24, 2.45) is 0 Å². The number of nitrogens with one attached hydrogen (secondary N) is 2. The molecule has 132 valence electrons. The predicted molar refractivity (Wildman–Crippen MR) is 95.6 cm³/mol. The average Bonchev–Trinajstić information content (AvgIpc) is 2.62. The smallest absolute Gasteiger partial charge is 0.404 e. The van der Waals surface area contributed by atoms with Crippen LogP contribution >= 0.6 is 0 Å². The Balaban J connectivity index is 1.74. The molecule has 3 N–H and O–H groups in total. The lowest BCUT2D eigenvalue weighted by Gasteiger charge is -2.33. The summed E-state index contributed by atoms with van der Waals surface area (Å²) in [6.45, 7) is 1.67. The van der Waals surface area contributed by atoms with E-state index in [0.717, 1.165) is 43.3 Å². The lowest BCUT2D eigenvalue weighted by molar-refractivity contribution is -0.121. The molecule has 7 heteroatoms. The van der Waals surface area contributed by atoms with Crippen LogP contribution in [0, 0.1) is 0 Å². The third-order valence-electron chi connectivity index (χ3n) is 4.44. The Bertz CT molecular complexity index is 759. The Labute approximate surface area is 146 Å². The van der Waals surface area contributed by atoms with Crippen LogP contribution < -0.4 is 10.6 Å². The zero-order valence-corrected chi connectivity index (χ0v) is 13.9. The second-order valence-electron chi connectivity index (χ2n) is 6.20. The van der Waals surface area contributed by atoms with Gasteiger partial charge in [0.25, 0.3) is 0 Å². The van der Waals surface area contributed by atoms with Gasteiger partial charge in [0.15, 0.2) is 0 Å². The van der Waals surface area contributed by atoms with Gasteiger partial charge in [-0.2, -0.15) is 0 Å². The van der Waals surface area contributed by atoms with Crippen LogP contribution in [0.4, 0.5) is 10.5 Å². The Morgan fingerprint density at radius 2 is 1.96 bits per heavy atom. The van der Waals surface area contributed by atoms with Gasteiger partial charge in [0, 0.05) is 11.9 Å². The quantitative estimate of drug-likeness (QED) is 0.775. The molecule has 1 fully saturated rings. The number of hydrogen-bond acceptors (Lipinski definition) is 4. The highest BCUT2D eigenvalue weighted by atomic mass is 16.4. The van der Waals surface area contributed by atoms with Gasteiger partial charge in [0.1, 0.15) is 6.04 Å². The molecule has 1 unspecified atom stereocenters. The van der Waals surface area contributed by atoms with Gasteiger partial charge in [-0.15, -0.1) is 0 Å². The minimum atomic E-state index is -1.12. The standard InChI is InChI=1S/C18H22N4O3/c23-17(16(12-20-18(24)25)22-8-4-1-5-9-22)21-14-10-13-6-2-3-7-15(13)19-11-14/h2-3,6-7,10-11,16,20H,1,4-5,8-9,12H2,(H,21,23)(H,24,25). The van der Waals surface area contributed by atoms with Gasteiger partial charge >= 0.3 is 6.09 Å². The fraction of sp³-hybridized carbons (Fsp3) is 0.389. The summed E-state index contributed by atoms with van der Waals surface area (Å²) in [7, 11) is 0. The lowest BCUT2D eigenvalue weighted by atomic mass is 10.1. The van der Waals surface area contributed by atoms with Crippen molar-refractivity contribution >= 4 is 28.6 Å². The maximum absolute atomic E-state index is 12.7. The minimum Gasteiger partial charge on any atom is -0.465 e. The first-order valence-electron chi connectivity index (χ1n) is 8.50. The van der Waals surface area contributed by atoms with Crippen molar-refractivity contribution < 1.29 is 14.7 Å². The fourth-order valence-corrected chi connectivity index (χ4v) is 3.17. The van der Waals surface area contributed by atoms with E-state index in [-0.39, 0.29) is 12.5 Å². The molecule has 1 saturated heterocycles. The van der Waals surface area contributed by atoms with Gasteiger partial charge in [-0.1, -0.05) is 24.6 Å². The lowest BCUT2D eigenvalue weighted by Crippen LogP contribution is -2.52. The molecule has 2 aromatic rings. The van der Waals surface area contributed by atoms with Crippen LogP contribution in [0.15, 0.2) is 36.5 Å². The number of piperidine rings is 1. The maximum Gasteiger partial charge on any atom is 0.404 e. The molecular formula is C18H22N4O3. The van der Waals surface area contributed by atoms with E-state index in [1.54, 1.807) is 6.20 Å². The number of likely N-dealkylation sites (tertiary alicyclic amines) is 1. The Morgan fingerprint density at radius 1 is 1.20 bits per heavy atom. The van der Waals surface area contributed by atoms with Crippen LogP contribution in [0.3, 0.4) is 0 Å². The molecule has 1 aromatic heterocycles. The van der Waals surface area contributed by atoms with Crippen molar-refractivity contribution in [3.05, 3.63) is 36.5 Å². The van der Waals surface area contributed by atoms with Crippen molar-refractivity contribution in [1.82, 2.24) is 15.2 Å². The van der Waals surface area contributed by atoms with Crippen LogP contribution in [0.25, 0.3) is 10.9 Å². The van der Waals surface area contributed by atoms with E-state index in [1.807, 2.05) is 35.2 Å². The van der Waals surface area contributed by atoms with E-state index in [0.29, 0.717) is 5.69 Å². The second kappa shape index (κ2) is 7.94. The molecule has 2 heterocycles. The molecule has 7 nitrogen and oxygen atoms in total. The van der Waals surface area contributed by atoms with Gasteiger partial charge in [-0.3, -0.25) is 14.7 Å². The molecule has 1 aliphatic heterocycles. The highest BCUT2D eigenvalue weighted by Gasteiger charge is 2.27. The average molecular weight is 342 g/mol. The normalized spacial score (nSPS) is 16.3. The van der Waals surface area contributed by atoms with Crippen molar-refractivity contribution in [3.8, 4) is 0 Å². The summed E-state index contributed by atoms with van der Waals surface area (Å²) >= 11 is 0. The number of pyridine rings is 1. The first kappa shape index (κ1) is 17.2. The van der Waals surface area contributed by atoms with Gasteiger partial charge in [-0.25, -0.2) is 4.79 Å². The van der Waals surface area contributed by atoms with Gasteiger partial charge < -0.3 is 15.7 Å². The van der Waals surface area contributed by atoms with Crippen molar-refractivity contribution in [2.75, 3.05) is 25.0 Å². The van der Waals surface area contributed by atoms with Gasteiger partial charge in [0.05, 0.1) is 17.4 Å². The third kappa shape index (κ3) is 4.45. The van der Waals surface area contributed by atoms with Crippen molar-refractivity contribution in [1.29, 1.82) is 0 Å². The summed E-state index contributed by atoms with van der Waals surface area (Å²) in [6, 6.07) is 9.03. The van der Waals surface area contributed by atoms with E-state index < -0.39 is 12.1 Å². The first-order valence-corrected chi connectivity index (χ1v) is 8.50. The molecule has 25 heavy (non-hydrogen) atoms. The Hall–Kier alpha value is -2.67. The number of hydrogen-bond donors (Lipinski definition) is 3. The molecule has 1 aromatic carbocycles. The topological polar surface area (TPSA) is 94.6 Å². The number of carbonyl (C=O) groups is 2. The largest absolute Gasteiger partial charge is 0.465 e. The number of benzene rings is 1. The molecule has 3 rings (SSSR count). The number of para-hydroxylation sites is 1. The third-order valence-corrected chi connectivity index (χ3v) is 4.44. The predicted octanol–water partition coefficient (Wildman–Crippen LogP) is 2.30. The molecule has 0 aliphatic carbocycles. The van der Waals surface area contributed by atoms with E-state index in [2.05, 4.69) is 15.6 Å². The van der Waals surface area contributed by atoms with Crippen LogP contribution in [0.1, 0.15) is 19.3 Å². The summed E-state index contributed by atoms with van der Waals surface area (Å²) in [5, 5.41) is 15.0. The molecule has 0 saturated carbocycles. The number of nitrogens with zero attached hydrogens (tertiary/aromatic N) is 2. The number of amides is 2.